The number of aliphatic carboxylic acids is 1. The van der Waals surface area contributed by atoms with Gasteiger partial charge in [-0.2, -0.15) is 0 Å². The fourth-order valence-corrected chi connectivity index (χ4v) is 1.25. The summed E-state index contributed by atoms with van der Waals surface area (Å²) in [5.74, 6) is -0.986. The number of amides is 2. The van der Waals surface area contributed by atoms with Crippen LogP contribution in [0.25, 0.3) is 0 Å². The second kappa shape index (κ2) is 7.05. The van der Waals surface area contributed by atoms with Crippen LogP contribution in [0.2, 0.25) is 0 Å². The Kier molecular flexibility index (Phi) is 6.48. The van der Waals surface area contributed by atoms with Gasteiger partial charge in [0.1, 0.15) is 0 Å². The van der Waals surface area contributed by atoms with Crippen LogP contribution in [0.15, 0.2) is 0 Å². The third kappa shape index (κ3) is 7.05. The van der Waals surface area contributed by atoms with Gasteiger partial charge in [0.15, 0.2) is 0 Å². The Morgan fingerprint density at radius 3 is 2.38 bits per heavy atom. The molecule has 0 aromatic carbocycles. The van der Waals surface area contributed by atoms with Gasteiger partial charge in [-0.15, -0.1) is 0 Å². The number of nitrogens with one attached hydrogen (secondary N) is 1. The largest absolute Gasteiger partial charge is 0.481 e. The normalized spacial score (nSPS) is 14.0. The van der Waals surface area contributed by atoms with Crippen LogP contribution >= 0.6 is 0 Å². The number of rotatable bonds is 6. The van der Waals surface area contributed by atoms with Crippen LogP contribution < -0.4 is 5.32 Å². The highest BCUT2D eigenvalue weighted by Gasteiger charge is 2.13. The van der Waals surface area contributed by atoms with Gasteiger partial charge in [0.2, 0.25) is 0 Å². The Hall–Kier alpha value is -1.30. The lowest BCUT2D eigenvalue weighted by Crippen LogP contribution is -2.42. The molecule has 0 bridgehead atoms. The standard InChI is InChI=1S/C10H20N2O4/c1-7(4-9(14)15)5-11-10(16)12(3)6-8(2)13/h7-8,13H,4-6H2,1-3H3,(H,11,16)(H,14,15). The maximum Gasteiger partial charge on any atom is 0.317 e. The van der Waals surface area contributed by atoms with Gasteiger partial charge < -0.3 is 20.4 Å². The van der Waals surface area contributed by atoms with Crippen molar-refractivity contribution in [3.8, 4) is 0 Å². The SMILES string of the molecule is CC(O)CN(C)C(=O)NCC(C)CC(=O)O. The van der Waals surface area contributed by atoms with E-state index in [0.717, 1.165) is 0 Å². The molecule has 0 rings (SSSR count). The number of carboxylic acids is 1. The molecular formula is C10H20N2O4. The van der Waals surface area contributed by atoms with Gasteiger partial charge in [-0.3, -0.25) is 4.79 Å². The van der Waals surface area contributed by atoms with Crippen LogP contribution in [0.1, 0.15) is 20.3 Å². The Labute approximate surface area is 95.2 Å². The fraction of sp³-hybridized carbons (Fsp3) is 0.800. The van der Waals surface area contributed by atoms with Crippen LogP contribution in [0.3, 0.4) is 0 Å². The first-order valence-electron chi connectivity index (χ1n) is 5.21. The average molecular weight is 232 g/mol. The fourth-order valence-electron chi connectivity index (χ4n) is 1.25. The number of urea groups is 1. The first-order chi connectivity index (χ1) is 7.32. The molecule has 0 aliphatic rings. The molecule has 0 spiro atoms. The molecule has 2 unspecified atom stereocenters. The van der Waals surface area contributed by atoms with Gasteiger partial charge in [0, 0.05) is 26.6 Å². The summed E-state index contributed by atoms with van der Waals surface area (Å²) in [6, 6.07) is -0.307. The van der Waals surface area contributed by atoms with E-state index in [-0.39, 0.29) is 24.9 Å². The van der Waals surface area contributed by atoms with E-state index in [0.29, 0.717) is 6.54 Å². The number of carboxylic acid groups (broad SMARTS) is 1. The highest BCUT2D eigenvalue weighted by Crippen LogP contribution is 1.99. The number of hydrogen-bond acceptors (Lipinski definition) is 3. The van der Waals surface area contributed by atoms with Crippen molar-refractivity contribution in [1.29, 1.82) is 0 Å². The summed E-state index contributed by atoms with van der Waals surface area (Å²) >= 11 is 0. The highest BCUT2D eigenvalue weighted by molar-refractivity contribution is 5.74. The summed E-state index contributed by atoms with van der Waals surface area (Å²) in [5.41, 5.74) is 0. The number of likely N-dealkylation sites (N-methyl/N-ethyl adjacent to an activating group) is 1. The predicted octanol–water partition coefficient (Wildman–Crippen LogP) is 0.119. The van der Waals surface area contributed by atoms with E-state index in [1.54, 1.807) is 20.9 Å². The van der Waals surface area contributed by atoms with Crippen molar-refractivity contribution in [2.24, 2.45) is 5.92 Å². The number of aliphatic hydroxyl groups is 1. The molecule has 6 nitrogen and oxygen atoms in total. The maximum atomic E-state index is 11.4. The topological polar surface area (TPSA) is 89.9 Å². The summed E-state index contributed by atoms with van der Waals surface area (Å²) in [4.78, 5) is 23.2. The summed E-state index contributed by atoms with van der Waals surface area (Å²) in [5, 5.41) is 20.2. The zero-order valence-electron chi connectivity index (χ0n) is 9.93. The van der Waals surface area contributed by atoms with Crippen LogP contribution in [-0.4, -0.2) is 53.4 Å². The molecule has 0 radical (unpaired) electrons. The summed E-state index contributed by atoms with van der Waals surface area (Å²) in [6.07, 6.45) is -0.549. The molecule has 0 aliphatic heterocycles. The van der Waals surface area contributed by atoms with Gasteiger partial charge in [-0.05, 0) is 12.8 Å². The number of carbonyl (C=O) groups excluding carboxylic acids is 1. The van der Waals surface area contributed by atoms with Gasteiger partial charge in [-0.1, -0.05) is 6.92 Å². The lowest BCUT2D eigenvalue weighted by atomic mass is 10.1. The van der Waals surface area contributed by atoms with E-state index >= 15 is 0 Å². The summed E-state index contributed by atoms with van der Waals surface area (Å²) in [6.45, 7) is 3.91. The van der Waals surface area contributed by atoms with Crippen LogP contribution in [0, 0.1) is 5.92 Å². The van der Waals surface area contributed by atoms with Crippen LogP contribution in [0.4, 0.5) is 4.79 Å². The zero-order valence-corrected chi connectivity index (χ0v) is 9.93. The van der Waals surface area contributed by atoms with Crippen molar-refractivity contribution < 1.29 is 19.8 Å². The summed E-state index contributed by atoms with van der Waals surface area (Å²) in [7, 11) is 1.57. The number of carbonyl (C=O) groups is 2. The summed E-state index contributed by atoms with van der Waals surface area (Å²) < 4.78 is 0. The van der Waals surface area contributed by atoms with Gasteiger partial charge in [0.05, 0.1) is 6.10 Å². The van der Waals surface area contributed by atoms with E-state index in [1.165, 1.54) is 4.90 Å². The van der Waals surface area contributed by atoms with Crippen molar-refractivity contribution in [3.05, 3.63) is 0 Å². The van der Waals surface area contributed by atoms with Crippen molar-refractivity contribution in [2.75, 3.05) is 20.1 Å². The molecule has 2 amide bonds. The van der Waals surface area contributed by atoms with E-state index in [9.17, 15) is 9.59 Å². The highest BCUT2D eigenvalue weighted by atomic mass is 16.4. The molecule has 0 saturated carbocycles. The Balaban J connectivity index is 3.83. The zero-order chi connectivity index (χ0) is 12.7. The van der Waals surface area contributed by atoms with Crippen LogP contribution in [-0.2, 0) is 4.79 Å². The third-order valence-electron chi connectivity index (χ3n) is 2.01. The minimum atomic E-state index is -0.876. The van der Waals surface area contributed by atoms with Crippen molar-refractivity contribution in [3.63, 3.8) is 0 Å². The van der Waals surface area contributed by atoms with Crippen molar-refractivity contribution >= 4 is 12.0 Å². The Morgan fingerprint density at radius 2 is 1.94 bits per heavy atom. The molecule has 16 heavy (non-hydrogen) atoms. The smallest absolute Gasteiger partial charge is 0.317 e. The molecule has 6 heteroatoms. The molecule has 0 heterocycles. The second-order valence-corrected chi connectivity index (χ2v) is 4.12. The molecule has 94 valence electrons. The predicted molar refractivity (Wildman–Crippen MR) is 59.1 cm³/mol. The quantitative estimate of drug-likeness (QED) is 0.606. The Morgan fingerprint density at radius 1 is 1.38 bits per heavy atom. The third-order valence-corrected chi connectivity index (χ3v) is 2.01. The minimum Gasteiger partial charge on any atom is -0.481 e. The monoisotopic (exact) mass is 232 g/mol. The maximum absolute atomic E-state index is 11.4. The van der Waals surface area contributed by atoms with E-state index in [1.807, 2.05) is 0 Å². The molecular weight excluding hydrogens is 212 g/mol. The first-order valence-corrected chi connectivity index (χ1v) is 5.21. The minimum absolute atomic E-state index is 0.0282. The molecule has 0 saturated heterocycles. The van der Waals surface area contributed by atoms with Gasteiger partial charge in [0.25, 0.3) is 0 Å². The molecule has 0 aromatic rings. The lowest BCUT2D eigenvalue weighted by molar-refractivity contribution is -0.137. The van der Waals surface area contributed by atoms with Crippen molar-refractivity contribution in [2.45, 2.75) is 26.4 Å². The van der Waals surface area contributed by atoms with Crippen molar-refractivity contribution in [1.82, 2.24) is 10.2 Å². The molecule has 2 atom stereocenters. The average Bonchev–Trinajstić information content (AvgIpc) is 2.11. The number of hydrogen-bond donors (Lipinski definition) is 3. The van der Waals surface area contributed by atoms with E-state index in [2.05, 4.69) is 5.32 Å². The number of aliphatic hydroxyl groups excluding tert-OH is 1. The Bertz CT molecular complexity index is 243. The van der Waals surface area contributed by atoms with Gasteiger partial charge in [-0.25, -0.2) is 4.79 Å². The lowest BCUT2D eigenvalue weighted by Gasteiger charge is -2.20. The molecule has 3 N–H and O–H groups in total. The molecule has 0 aromatic heterocycles. The first kappa shape index (κ1) is 14.7. The van der Waals surface area contributed by atoms with Crippen LogP contribution in [0.5, 0.6) is 0 Å². The second-order valence-electron chi connectivity index (χ2n) is 4.12. The van der Waals surface area contributed by atoms with Gasteiger partial charge >= 0.3 is 12.0 Å². The molecule has 0 aliphatic carbocycles. The molecule has 0 fully saturated rings. The van der Waals surface area contributed by atoms with E-state index in [4.69, 9.17) is 10.2 Å². The number of nitrogens with zero attached hydrogens (tertiary/aromatic N) is 1. The van der Waals surface area contributed by atoms with E-state index < -0.39 is 12.1 Å².